The summed E-state index contributed by atoms with van der Waals surface area (Å²) in [6, 6.07) is 7.41. The van der Waals surface area contributed by atoms with Crippen molar-refractivity contribution in [1.29, 1.82) is 0 Å². The average molecular weight is 314 g/mol. The number of methoxy groups -OCH3 is 1. The maximum atomic E-state index is 11.9. The molecule has 18 heavy (non-hydrogen) atoms. The summed E-state index contributed by atoms with van der Waals surface area (Å²) in [5.74, 6) is -0.375. The van der Waals surface area contributed by atoms with E-state index in [1.807, 2.05) is 18.2 Å². The molecule has 4 nitrogen and oxygen atoms in total. The maximum absolute atomic E-state index is 11.9. The van der Waals surface area contributed by atoms with Crippen LogP contribution in [0.3, 0.4) is 0 Å². The van der Waals surface area contributed by atoms with Gasteiger partial charge in [-0.15, -0.1) is 0 Å². The Kier molecular flexibility index (Phi) is 6.43. The number of amides is 1. The van der Waals surface area contributed by atoms with E-state index in [0.29, 0.717) is 30.3 Å². The molecular weight excluding hydrogens is 298 g/mol. The zero-order chi connectivity index (χ0) is 13.4. The third kappa shape index (κ3) is 4.49. The summed E-state index contributed by atoms with van der Waals surface area (Å²) in [4.78, 5) is 22.8. The van der Waals surface area contributed by atoms with Gasteiger partial charge in [0.05, 0.1) is 7.11 Å². The smallest absolute Gasteiger partial charge is 0.305 e. The molecule has 0 spiro atoms. The van der Waals surface area contributed by atoms with Crippen molar-refractivity contribution < 1.29 is 14.3 Å². The van der Waals surface area contributed by atoms with E-state index >= 15 is 0 Å². The average Bonchev–Trinajstić information content (AvgIpc) is 2.42. The highest BCUT2D eigenvalue weighted by Gasteiger charge is 2.09. The van der Waals surface area contributed by atoms with Crippen LogP contribution in [0.1, 0.15) is 28.8 Å². The summed E-state index contributed by atoms with van der Waals surface area (Å²) < 4.78 is 4.52. The van der Waals surface area contributed by atoms with Crippen molar-refractivity contribution >= 4 is 27.8 Å². The van der Waals surface area contributed by atoms with Crippen LogP contribution in [0.25, 0.3) is 0 Å². The highest BCUT2D eigenvalue weighted by atomic mass is 79.9. The van der Waals surface area contributed by atoms with Gasteiger partial charge in [-0.3, -0.25) is 9.59 Å². The van der Waals surface area contributed by atoms with Crippen molar-refractivity contribution in [2.24, 2.45) is 0 Å². The second kappa shape index (κ2) is 7.87. The summed E-state index contributed by atoms with van der Waals surface area (Å²) in [5, 5.41) is 3.42. The van der Waals surface area contributed by atoms with Gasteiger partial charge in [0.15, 0.2) is 0 Å². The number of carbonyl (C=O) groups excluding carboxylic acids is 2. The van der Waals surface area contributed by atoms with E-state index in [-0.39, 0.29) is 11.9 Å². The third-order valence-corrected chi connectivity index (χ3v) is 3.08. The molecule has 0 unspecified atom stereocenters. The molecule has 0 aliphatic carbocycles. The van der Waals surface area contributed by atoms with E-state index < -0.39 is 0 Å². The van der Waals surface area contributed by atoms with Gasteiger partial charge < -0.3 is 10.1 Å². The zero-order valence-electron chi connectivity index (χ0n) is 10.2. The van der Waals surface area contributed by atoms with Crippen LogP contribution in [0.2, 0.25) is 0 Å². The SMILES string of the molecule is COC(=O)CCCNC(=O)c1ccccc1CBr. The molecule has 1 aromatic rings. The number of rotatable bonds is 6. The lowest BCUT2D eigenvalue weighted by atomic mass is 10.1. The Labute approximate surface area is 115 Å². The standard InChI is InChI=1S/C13H16BrNO3/c1-18-12(16)7-4-8-15-13(17)11-6-3-2-5-10(11)9-14/h2-3,5-6H,4,7-9H2,1H3,(H,15,17). The van der Waals surface area contributed by atoms with Gasteiger partial charge in [0.1, 0.15) is 0 Å². The number of hydrogen-bond donors (Lipinski definition) is 1. The van der Waals surface area contributed by atoms with Crippen molar-refractivity contribution in [3.8, 4) is 0 Å². The molecule has 0 saturated heterocycles. The number of ether oxygens (including phenoxy) is 1. The van der Waals surface area contributed by atoms with Crippen LogP contribution in [0.5, 0.6) is 0 Å². The first-order chi connectivity index (χ1) is 8.69. The van der Waals surface area contributed by atoms with Gasteiger partial charge >= 0.3 is 5.97 Å². The largest absolute Gasteiger partial charge is 0.469 e. The molecule has 1 rings (SSSR count). The Morgan fingerprint density at radius 1 is 1.33 bits per heavy atom. The van der Waals surface area contributed by atoms with Gasteiger partial charge in [0.25, 0.3) is 5.91 Å². The summed E-state index contributed by atoms with van der Waals surface area (Å²) in [6.45, 7) is 0.463. The number of halogens is 1. The van der Waals surface area contributed by atoms with Crippen molar-refractivity contribution in [3.63, 3.8) is 0 Å². The highest BCUT2D eigenvalue weighted by molar-refractivity contribution is 9.08. The van der Waals surface area contributed by atoms with Crippen molar-refractivity contribution in [2.45, 2.75) is 18.2 Å². The van der Waals surface area contributed by atoms with Gasteiger partial charge in [-0.25, -0.2) is 0 Å². The molecule has 0 fully saturated rings. The molecule has 0 aliphatic heterocycles. The first-order valence-electron chi connectivity index (χ1n) is 5.68. The summed E-state index contributed by atoms with van der Waals surface area (Å²) in [5.41, 5.74) is 1.61. The van der Waals surface area contributed by atoms with E-state index in [2.05, 4.69) is 26.0 Å². The Hall–Kier alpha value is -1.36. The molecule has 0 saturated carbocycles. The van der Waals surface area contributed by atoms with Crippen LogP contribution in [-0.4, -0.2) is 25.5 Å². The molecular formula is C13H16BrNO3. The Balaban J connectivity index is 2.43. The van der Waals surface area contributed by atoms with E-state index in [4.69, 9.17) is 0 Å². The van der Waals surface area contributed by atoms with Gasteiger partial charge in [0, 0.05) is 23.9 Å². The molecule has 1 aromatic carbocycles. The van der Waals surface area contributed by atoms with Gasteiger partial charge in [-0.1, -0.05) is 34.1 Å². The van der Waals surface area contributed by atoms with Crippen molar-refractivity contribution in [1.82, 2.24) is 5.32 Å². The number of alkyl halides is 1. The second-order valence-electron chi connectivity index (χ2n) is 3.73. The summed E-state index contributed by atoms with van der Waals surface area (Å²) in [6.07, 6.45) is 0.895. The quantitative estimate of drug-likeness (QED) is 0.498. The third-order valence-electron chi connectivity index (χ3n) is 2.48. The fraction of sp³-hybridized carbons (Fsp3) is 0.385. The van der Waals surface area contributed by atoms with Crippen molar-refractivity contribution in [3.05, 3.63) is 35.4 Å². The first kappa shape index (κ1) is 14.7. The number of esters is 1. The molecule has 0 atom stereocenters. The van der Waals surface area contributed by atoms with Gasteiger partial charge in [0.2, 0.25) is 0 Å². The van der Waals surface area contributed by atoms with E-state index in [0.717, 1.165) is 5.56 Å². The van der Waals surface area contributed by atoms with Crippen LogP contribution in [0.15, 0.2) is 24.3 Å². The number of benzene rings is 1. The van der Waals surface area contributed by atoms with E-state index in [9.17, 15) is 9.59 Å². The molecule has 0 radical (unpaired) electrons. The minimum atomic E-state index is -0.259. The fourth-order valence-electron chi connectivity index (χ4n) is 1.49. The lowest BCUT2D eigenvalue weighted by Crippen LogP contribution is -2.25. The molecule has 1 N–H and O–H groups in total. The van der Waals surface area contributed by atoms with Crippen LogP contribution >= 0.6 is 15.9 Å². The lowest BCUT2D eigenvalue weighted by Gasteiger charge is -2.08. The number of nitrogens with one attached hydrogen (secondary N) is 1. The highest BCUT2D eigenvalue weighted by Crippen LogP contribution is 2.12. The van der Waals surface area contributed by atoms with E-state index in [1.54, 1.807) is 6.07 Å². The van der Waals surface area contributed by atoms with Crippen LogP contribution in [0.4, 0.5) is 0 Å². The molecule has 0 aliphatic rings. The minimum Gasteiger partial charge on any atom is -0.469 e. The predicted octanol–water partition coefficient (Wildman–Crippen LogP) is 2.26. The normalized spacial score (nSPS) is 9.89. The van der Waals surface area contributed by atoms with Gasteiger partial charge in [-0.05, 0) is 18.1 Å². The topological polar surface area (TPSA) is 55.4 Å². The van der Waals surface area contributed by atoms with Crippen molar-refractivity contribution in [2.75, 3.05) is 13.7 Å². The number of hydrogen-bond acceptors (Lipinski definition) is 3. The zero-order valence-corrected chi connectivity index (χ0v) is 11.8. The van der Waals surface area contributed by atoms with Gasteiger partial charge in [-0.2, -0.15) is 0 Å². The molecule has 5 heteroatoms. The van der Waals surface area contributed by atoms with Crippen LogP contribution in [-0.2, 0) is 14.9 Å². The molecule has 0 bridgehead atoms. The van der Waals surface area contributed by atoms with Crippen LogP contribution in [0, 0.1) is 0 Å². The van der Waals surface area contributed by atoms with Crippen LogP contribution < -0.4 is 5.32 Å². The first-order valence-corrected chi connectivity index (χ1v) is 6.80. The molecule has 0 aromatic heterocycles. The predicted molar refractivity (Wildman–Crippen MR) is 72.7 cm³/mol. The fourth-order valence-corrected chi connectivity index (χ4v) is 1.98. The van der Waals surface area contributed by atoms with E-state index in [1.165, 1.54) is 7.11 Å². The monoisotopic (exact) mass is 313 g/mol. The summed E-state index contributed by atoms with van der Waals surface area (Å²) >= 11 is 3.35. The Bertz CT molecular complexity index is 420. The molecule has 98 valence electrons. The maximum Gasteiger partial charge on any atom is 0.305 e. The summed E-state index contributed by atoms with van der Waals surface area (Å²) in [7, 11) is 1.35. The molecule has 1 amide bonds. The molecule has 0 heterocycles. The number of carbonyl (C=O) groups is 2. The Morgan fingerprint density at radius 2 is 2.06 bits per heavy atom. The lowest BCUT2D eigenvalue weighted by molar-refractivity contribution is -0.140. The minimum absolute atomic E-state index is 0.116. The Morgan fingerprint density at radius 3 is 2.72 bits per heavy atom. The second-order valence-corrected chi connectivity index (χ2v) is 4.29.